The second-order valence-electron chi connectivity index (χ2n) is 11.0. The van der Waals surface area contributed by atoms with Gasteiger partial charge in [0.15, 0.2) is 17.0 Å². The number of halogens is 6. The second-order valence-corrected chi connectivity index (χ2v) is 11.0. The Labute approximate surface area is 254 Å². The molecular weight excluding hydrogens is 596 g/mol. The molecule has 0 unspecified atom stereocenters. The van der Waals surface area contributed by atoms with E-state index in [2.05, 4.69) is 42.6 Å². The summed E-state index contributed by atoms with van der Waals surface area (Å²) in [6.45, 7) is 2.81. The molecule has 0 saturated carbocycles. The number of anilines is 3. The molecule has 1 aliphatic rings. The van der Waals surface area contributed by atoms with Gasteiger partial charge in [-0.1, -0.05) is 42.5 Å². The Morgan fingerprint density at radius 2 is 1.31 bits per heavy atom. The van der Waals surface area contributed by atoms with E-state index >= 15 is 0 Å². The van der Waals surface area contributed by atoms with Gasteiger partial charge in [-0.05, 0) is 60.4 Å². The Hall–Kier alpha value is -4.65. The Kier molecular flexibility index (Phi) is 8.36. The van der Waals surface area contributed by atoms with Crippen LogP contribution in [0.5, 0.6) is 0 Å². The van der Waals surface area contributed by atoms with Crippen molar-refractivity contribution < 1.29 is 26.3 Å². The van der Waals surface area contributed by atoms with Crippen molar-refractivity contribution in [3.63, 3.8) is 0 Å². The first-order chi connectivity index (χ1) is 21.5. The summed E-state index contributed by atoms with van der Waals surface area (Å²) in [6.07, 6.45) is -5.65. The van der Waals surface area contributed by atoms with Crippen molar-refractivity contribution in [1.29, 1.82) is 0 Å². The Bertz CT molecular complexity index is 1730. The van der Waals surface area contributed by atoms with Gasteiger partial charge in [-0.25, -0.2) is 4.98 Å². The molecule has 3 aromatic carbocycles. The third-order valence-corrected chi connectivity index (χ3v) is 7.74. The van der Waals surface area contributed by atoms with Crippen LogP contribution in [0.2, 0.25) is 0 Å². The van der Waals surface area contributed by atoms with Crippen LogP contribution in [-0.4, -0.2) is 43.6 Å². The van der Waals surface area contributed by atoms with Crippen LogP contribution in [0, 0.1) is 0 Å². The van der Waals surface area contributed by atoms with E-state index in [1.807, 2.05) is 18.2 Å². The van der Waals surface area contributed by atoms with Crippen molar-refractivity contribution >= 4 is 28.6 Å². The summed E-state index contributed by atoms with van der Waals surface area (Å²) in [7, 11) is 0. The molecule has 234 valence electrons. The monoisotopic (exact) mass is 625 g/mol. The number of rotatable bonds is 8. The zero-order chi connectivity index (χ0) is 31.6. The minimum Gasteiger partial charge on any atom is -0.365 e. The van der Waals surface area contributed by atoms with Crippen molar-refractivity contribution in [2.24, 2.45) is 0 Å². The highest BCUT2D eigenvalue weighted by Crippen LogP contribution is 2.32. The molecular formula is C32H29F6N7. The van der Waals surface area contributed by atoms with Crippen molar-refractivity contribution in [3.8, 4) is 0 Å². The summed E-state index contributed by atoms with van der Waals surface area (Å²) in [4.78, 5) is 16.1. The van der Waals surface area contributed by atoms with Gasteiger partial charge in [-0.15, -0.1) is 0 Å². The number of nitrogens with zero attached hydrogens (tertiary/aromatic N) is 5. The third-order valence-electron chi connectivity index (χ3n) is 7.74. The molecule has 3 heterocycles. The molecule has 7 nitrogen and oxygen atoms in total. The Morgan fingerprint density at radius 3 is 1.93 bits per heavy atom. The van der Waals surface area contributed by atoms with E-state index in [1.54, 1.807) is 10.9 Å². The number of nitrogens with one attached hydrogen (secondary N) is 2. The number of piperidine rings is 1. The summed E-state index contributed by atoms with van der Waals surface area (Å²) >= 11 is 0. The van der Waals surface area contributed by atoms with Crippen LogP contribution in [0.1, 0.15) is 35.1 Å². The molecule has 0 amide bonds. The topological polar surface area (TPSA) is 70.9 Å². The first kappa shape index (κ1) is 30.4. The molecule has 1 fully saturated rings. The van der Waals surface area contributed by atoms with Crippen LogP contribution >= 0.6 is 0 Å². The molecule has 0 atom stereocenters. The van der Waals surface area contributed by atoms with E-state index < -0.39 is 23.5 Å². The maximum absolute atomic E-state index is 13.1. The minimum absolute atomic E-state index is 0.0918. The first-order valence-electron chi connectivity index (χ1n) is 14.4. The number of aromatic nitrogens is 4. The number of alkyl halides is 6. The van der Waals surface area contributed by atoms with Crippen LogP contribution in [0.25, 0.3) is 11.2 Å². The summed E-state index contributed by atoms with van der Waals surface area (Å²) in [5, 5.41) is 6.49. The molecule has 0 spiro atoms. The zero-order valence-electron chi connectivity index (χ0n) is 23.9. The average Bonchev–Trinajstić information content (AvgIpc) is 3.41. The van der Waals surface area contributed by atoms with E-state index in [4.69, 9.17) is 0 Å². The maximum atomic E-state index is 13.1. The second kappa shape index (κ2) is 12.4. The van der Waals surface area contributed by atoms with Gasteiger partial charge in [0.25, 0.3) is 0 Å². The molecule has 2 aromatic heterocycles. The highest BCUT2D eigenvalue weighted by atomic mass is 19.4. The SMILES string of the molecule is FC(F)(F)c1ccc(Cn2cnc3c(NC4CCN(Cc5ccccc5)CC4)nc(Nc4ccc(C(F)(F)F)cc4)nc32)cc1. The predicted molar refractivity (Wildman–Crippen MR) is 159 cm³/mol. The van der Waals surface area contributed by atoms with Gasteiger partial charge in [0, 0.05) is 31.4 Å². The smallest absolute Gasteiger partial charge is 0.365 e. The van der Waals surface area contributed by atoms with Gasteiger partial charge >= 0.3 is 12.4 Å². The van der Waals surface area contributed by atoms with E-state index in [-0.39, 0.29) is 18.5 Å². The molecule has 6 rings (SSSR count). The number of hydrogen-bond donors (Lipinski definition) is 2. The molecule has 1 aliphatic heterocycles. The van der Waals surface area contributed by atoms with Gasteiger partial charge in [-0.2, -0.15) is 36.3 Å². The van der Waals surface area contributed by atoms with Gasteiger partial charge in [0.2, 0.25) is 5.95 Å². The van der Waals surface area contributed by atoms with Gasteiger partial charge in [-0.3, -0.25) is 4.90 Å². The number of benzene rings is 3. The minimum atomic E-state index is -4.47. The zero-order valence-corrected chi connectivity index (χ0v) is 23.9. The molecule has 45 heavy (non-hydrogen) atoms. The van der Waals surface area contributed by atoms with Crippen LogP contribution in [0.15, 0.2) is 85.2 Å². The average molecular weight is 626 g/mol. The maximum Gasteiger partial charge on any atom is 0.416 e. The fourth-order valence-corrected chi connectivity index (χ4v) is 5.35. The number of imidazole rings is 1. The van der Waals surface area contributed by atoms with Gasteiger partial charge < -0.3 is 15.2 Å². The number of likely N-dealkylation sites (tertiary alicyclic amines) is 1. The molecule has 5 aromatic rings. The fraction of sp³-hybridized carbons (Fsp3) is 0.281. The highest BCUT2D eigenvalue weighted by Gasteiger charge is 2.31. The summed E-state index contributed by atoms with van der Waals surface area (Å²) in [5.41, 5.74) is 1.59. The van der Waals surface area contributed by atoms with Crippen molar-refractivity contribution in [3.05, 3.63) is 107 Å². The van der Waals surface area contributed by atoms with Crippen molar-refractivity contribution in [1.82, 2.24) is 24.4 Å². The molecule has 0 bridgehead atoms. The van der Waals surface area contributed by atoms with E-state index in [0.717, 1.165) is 56.7 Å². The lowest BCUT2D eigenvalue weighted by molar-refractivity contribution is -0.138. The largest absolute Gasteiger partial charge is 0.416 e. The lowest BCUT2D eigenvalue weighted by atomic mass is 10.0. The predicted octanol–water partition coefficient (Wildman–Crippen LogP) is 7.73. The number of hydrogen-bond acceptors (Lipinski definition) is 6. The Balaban J connectivity index is 1.25. The Morgan fingerprint density at radius 1 is 0.711 bits per heavy atom. The molecule has 2 N–H and O–H groups in total. The summed E-state index contributed by atoms with van der Waals surface area (Å²) < 4.78 is 80.1. The standard InChI is InChI=1S/C32H29F6N7/c33-31(34,35)23-8-6-22(7-9-23)19-45-20-39-27-28(40-26-14-16-44(17-15-26)18-21-4-2-1-3-5-21)42-30(43-29(27)45)41-25-12-10-24(11-13-25)32(36,37)38/h1-13,20,26H,14-19H2,(H2,40,41,42,43). The van der Waals surface area contributed by atoms with Crippen molar-refractivity contribution in [2.75, 3.05) is 23.7 Å². The quantitative estimate of drug-likeness (QED) is 0.172. The normalized spacial score (nSPS) is 15.0. The van der Waals surface area contributed by atoms with E-state index in [9.17, 15) is 26.3 Å². The van der Waals surface area contributed by atoms with Gasteiger partial charge in [0.1, 0.15) is 0 Å². The molecule has 1 saturated heterocycles. The highest BCUT2D eigenvalue weighted by molar-refractivity contribution is 5.85. The summed E-state index contributed by atoms with van der Waals surface area (Å²) in [6, 6.07) is 19.7. The van der Waals surface area contributed by atoms with Crippen LogP contribution < -0.4 is 10.6 Å². The first-order valence-corrected chi connectivity index (χ1v) is 14.4. The lowest BCUT2D eigenvalue weighted by Crippen LogP contribution is -2.38. The number of fused-ring (bicyclic) bond motifs is 1. The van der Waals surface area contributed by atoms with E-state index in [1.165, 1.54) is 29.8 Å². The molecule has 13 heteroatoms. The van der Waals surface area contributed by atoms with Crippen molar-refractivity contribution in [2.45, 2.75) is 44.3 Å². The van der Waals surface area contributed by atoms with Crippen LogP contribution in [-0.2, 0) is 25.4 Å². The van der Waals surface area contributed by atoms with Gasteiger partial charge in [0.05, 0.1) is 24.0 Å². The van der Waals surface area contributed by atoms with Crippen LogP contribution in [0.3, 0.4) is 0 Å². The van der Waals surface area contributed by atoms with Crippen LogP contribution in [0.4, 0.5) is 43.8 Å². The van der Waals surface area contributed by atoms with E-state index in [0.29, 0.717) is 28.2 Å². The summed E-state index contributed by atoms with van der Waals surface area (Å²) in [5.74, 6) is 0.600. The molecule has 0 aliphatic carbocycles. The lowest BCUT2D eigenvalue weighted by Gasteiger charge is -2.32. The third kappa shape index (κ3) is 7.36. The fourth-order valence-electron chi connectivity index (χ4n) is 5.35. The molecule has 0 radical (unpaired) electrons.